The molecule has 6 nitrogen and oxygen atoms in total. The van der Waals surface area contributed by atoms with Crippen LogP contribution in [0.25, 0.3) is 10.9 Å². The van der Waals surface area contributed by atoms with Crippen LogP contribution in [0, 0.1) is 10.1 Å². The molecule has 122 valence electrons. The lowest BCUT2D eigenvalue weighted by Gasteiger charge is -2.19. The summed E-state index contributed by atoms with van der Waals surface area (Å²) in [7, 11) is 0. The number of aromatic nitrogens is 1. The number of carbonyl (C=O) groups excluding carboxylic acids is 1. The molecule has 6 heteroatoms. The smallest absolute Gasteiger partial charge is 0.333 e. The summed E-state index contributed by atoms with van der Waals surface area (Å²) in [5.41, 5.74) is 1.56. The SMILES string of the molecule is CCOC(=O)C(c1ccccc1)n1ccc2cc([N+](=O)[O-])ccc21. The van der Waals surface area contributed by atoms with Crippen LogP contribution in [0.1, 0.15) is 18.5 Å². The number of hydrogen-bond acceptors (Lipinski definition) is 4. The first kappa shape index (κ1) is 15.7. The summed E-state index contributed by atoms with van der Waals surface area (Å²) < 4.78 is 7.01. The number of benzene rings is 2. The summed E-state index contributed by atoms with van der Waals surface area (Å²) in [5.74, 6) is -0.362. The Kier molecular flexibility index (Phi) is 4.29. The van der Waals surface area contributed by atoms with Crippen molar-refractivity contribution in [1.29, 1.82) is 0 Å². The summed E-state index contributed by atoms with van der Waals surface area (Å²) in [6, 6.07) is 15.0. The minimum atomic E-state index is -0.634. The molecule has 3 aromatic rings. The standard InChI is InChI=1S/C18H16N2O4/c1-2-24-18(21)17(13-6-4-3-5-7-13)19-11-10-14-12-15(20(22)23)8-9-16(14)19/h3-12,17H,2H2,1H3. The van der Waals surface area contributed by atoms with Crippen LogP contribution >= 0.6 is 0 Å². The van der Waals surface area contributed by atoms with Gasteiger partial charge in [0.05, 0.1) is 11.5 Å². The van der Waals surface area contributed by atoms with Gasteiger partial charge in [0.2, 0.25) is 0 Å². The maximum absolute atomic E-state index is 12.5. The van der Waals surface area contributed by atoms with Crippen molar-refractivity contribution in [2.45, 2.75) is 13.0 Å². The van der Waals surface area contributed by atoms with E-state index in [2.05, 4.69) is 0 Å². The van der Waals surface area contributed by atoms with Crippen molar-refractivity contribution < 1.29 is 14.5 Å². The number of rotatable bonds is 5. The third kappa shape index (κ3) is 2.86. The Balaban J connectivity index is 2.13. The predicted octanol–water partition coefficient (Wildman–Crippen LogP) is 3.70. The molecule has 0 spiro atoms. The van der Waals surface area contributed by atoms with Crippen LogP contribution in [-0.4, -0.2) is 22.1 Å². The van der Waals surface area contributed by atoms with Crippen LogP contribution in [0.4, 0.5) is 5.69 Å². The molecule has 0 aliphatic rings. The third-order valence-electron chi connectivity index (χ3n) is 3.82. The van der Waals surface area contributed by atoms with Crippen LogP contribution in [-0.2, 0) is 9.53 Å². The van der Waals surface area contributed by atoms with Gasteiger partial charge >= 0.3 is 5.97 Å². The van der Waals surface area contributed by atoms with Crippen molar-refractivity contribution in [3.8, 4) is 0 Å². The summed E-state index contributed by atoms with van der Waals surface area (Å²) >= 11 is 0. The second-order valence-corrected chi connectivity index (χ2v) is 5.29. The fourth-order valence-corrected chi connectivity index (χ4v) is 2.76. The monoisotopic (exact) mass is 324 g/mol. The Labute approximate surface area is 138 Å². The number of carbonyl (C=O) groups is 1. The van der Waals surface area contributed by atoms with Gasteiger partial charge in [0.25, 0.3) is 5.69 Å². The van der Waals surface area contributed by atoms with Crippen molar-refractivity contribution in [3.05, 3.63) is 76.5 Å². The highest BCUT2D eigenvalue weighted by atomic mass is 16.6. The first-order valence-electron chi connectivity index (χ1n) is 7.58. The summed E-state index contributed by atoms with van der Waals surface area (Å²) in [4.78, 5) is 23.0. The average Bonchev–Trinajstić information content (AvgIpc) is 2.99. The molecular weight excluding hydrogens is 308 g/mol. The van der Waals surface area contributed by atoms with Crippen molar-refractivity contribution in [1.82, 2.24) is 4.57 Å². The highest BCUT2D eigenvalue weighted by Gasteiger charge is 2.25. The van der Waals surface area contributed by atoms with E-state index in [9.17, 15) is 14.9 Å². The van der Waals surface area contributed by atoms with E-state index < -0.39 is 11.0 Å². The van der Waals surface area contributed by atoms with E-state index >= 15 is 0 Å². The Bertz CT molecular complexity index is 886. The number of non-ortho nitro benzene ring substituents is 1. The maximum atomic E-state index is 12.5. The largest absolute Gasteiger partial charge is 0.464 e. The topological polar surface area (TPSA) is 74.4 Å². The molecule has 2 aromatic carbocycles. The molecule has 0 amide bonds. The van der Waals surface area contributed by atoms with Gasteiger partial charge in [-0.2, -0.15) is 0 Å². The lowest BCUT2D eigenvalue weighted by atomic mass is 10.1. The molecule has 0 saturated heterocycles. The molecule has 0 fully saturated rings. The number of ether oxygens (including phenoxy) is 1. The first-order chi connectivity index (χ1) is 11.6. The van der Waals surface area contributed by atoms with Crippen molar-refractivity contribution in [2.75, 3.05) is 6.61 Å². The quantitative estimate of drug-likeness (QED) is 0.407. The molecule has 1 atom stereocenters. The second kappa shape index (κ2) is 6.54. The zero-order valence-corrected chi connectivity index (χ0v) is 13.1. The molecule has 3 rings (SSSR count). The number of nitro benzene ring substituents is 1. The minimum Gasteiger partial charge on any atom is -0.464 e. The average molecular weight is 324 g/mol. The zero-order valence-electron chi connectivity index (χ0n) is 13.1. The van der Waals surface area contributed by atoms with Gasteiger partial charge in [0, 0.05) is 29.2 Å². The lowest BCUT2D eigenvalue weighted by molar-refractivity contribution is -0.384. The van der Waals surface area contributed by atoms with Gasteiger partial charge in [-0.3, -0.25) is 10.1 Å². The molecule has 1 aromatic heterocycles. The Hall–Kier alpha value is -3.15. The third-order valence-corrected chi connectivity index (χ3v) is 3.82. The predicted molar refractivity (Wildman–Crippen MR) is 89.8 cm³/mol. The van der Waals surface area contributed by atoms with Gasteiger partial charge in [-0.05, 0) is 24.6 Å². The minimum absolute atomic E-state index is 0.0210. The van der Waals surface area contributed by atoms with Gasteiger partial charge < -0.3 is 9.30 Å². The number of hydrogen-bond donors (Lipinski definition) is 0. The van der Waals surface area contributed by atoms with Crippen LogP contribution < -0.4 is 0 Å². The molecule has 1 heterocycles. The molecule has 0 aliphatic carbocycles. The van der Waals surface area contributed by atoms with E-state index in [0.717, 1.165) is 11.1 Å². The van der Waals surface area contributed by atoms with E-state index in [1.165, 1.54) is 12.1 Å². The van der Waals surface area contributed by atoms with Gasteiger partial charge in [-0.25, -0.2) is 4.79 Å². The molecule has 0 N–H and O–H groups in total. The molecule has 0 bridgehead atoms. The van der Waals surface area contributed by atoms with Crippen LogP contribution in [0.3, 0.4) is 0 Å². The Morgan fingerprint density at radius 1 is 1.21 bits per heavy atom. The fourth-order valence-electron chi connectivity index (χ4n) is 2.76. The zero-order chi connectivity index (χ0) is 17.1. The first-order valence-corrected chi connectivity index (χ1v) is 7.58. The molecule has 0 saturated carbocycles. The highest BCUT2D eigenvalue weighted by Crippen LogP contribution is 2.28. The van der Waals surface area contributed by atoms with E-state index in [-0.39, 0.29) is 18.3 Å². The fraction of sp³-hybridized carbons (Fsp3) is 0.167. The number of nitrogens with zero attached hydrogens (tertiary/aromatic N) is 2. The second-order valence-electron chi connectivity index (χ2n) is 5.29. The van der Waals surface area contributed by atoms with E-state index in [1.807, 2.05) is 30.3 Å². The van der Waals surface area contributed by atoms with Gasteiger partial charge in [0.15, 0.2) is 6.04 Å². The van der Waals surface area contributed by atoms with Crippen LogP contribution in [0.2, 0.25) is 0 Å². The summed E-state index contributed by atoms with van der Waals surface area (Å²) in [5, 5.41) is 11.6. The molecule has 0 radical (unpaired) electrons. The van der Waals surface area contributed by atoms with Crippen LogP contribution in [0.5, 0.6) is 0 Å². The number of fused-ring (bicyclic) bond motifs is 1. The summed E-state index contributed by atoms with van der Waals surface area (Å²) in [6.07, 6.45) is 1.75. The van der Waals surface area contributed by atoms with Crippen molar-refractivity contribution >= 4 is 22.6 Å². The lowest BCUT2D eigenvalue weighted by Crippen LogP contribution is -2.22. The normalized spacial score (nSPS) is 12.0. The molecule has 24 heavy (non-hydrogen) atoms. The number of esters is 1. The van der Waals surface area contributed by atoms with E-state index in [1.54, 1.807) is 29.8 Å². The summed E-state index contributed by atoms with van der Waals surface area (Å²) in [6.45, 7) is 2.05. The van der Waals surface area contributed by atoms with Crippen molar-refractivity contribution in [3.63, 3.8) is 0 Å². The molecular formula is C18H16N2O4. The Morgan fingerprint density at radius 3 is 2.62 bits per heavy atom. The highest BCUT2D eigenvalue weighted by molar-refractivity contribution is 5.86. The van der Waals surface area contributed by atoms with E-state index in [4.69, 9.17) is 4.74 Å². The van der Waals surface area contributed by atoms with E-state index in [0.29, 0.717) is 5.39 Å². The maximum Gasteiger partial charge on any atom is 0.333 e. The van der Waals surface area contributed by atoms with Crippen LogP contribution in [0.15, 0.2) is 60.8 Å². The molecule has 0 aliphatic heterocycles. The van der Waals surface area contributed by atoms with Gasteiger partial charge in [-0.15, -0.1) is 0 Å². The van der Waals surface area contributed by atoms with Gasteiger partial charge in [0.1, 0.15) is 0 Å². The number of nitro groups is 1. The van der Waals surface area contributed by atoms with Gasteiger partial charge in [-0.1, -0.05) is 30.3 Å². The van der Waals surface area contributed by atoms with Crippen molar-refractivity contribution in [2.24, 2.45) is 0 Å². The molecule has 1 unspecified atom stereocenters. The Morgan fingerprint density at radius 2 is 1.96 bits per heavy atom.